The van der Waals surface area contributed by atoms with Crippen molar-refractivity contribution >= 4 is 5.97 Å². The quantitative estimate of drug-likeness (QED) is 0.502. The van der Waals surface area contributed by atoms with Gasteiger partial charge in [0.05, 0.1) is 19.3 Å². The summed E-state index contributed by atoms with van der Waals surface area (Å²) >= 11 is 0. The Morgan fingerprint density at radius 3 is 2.79 bits per heavy atom. The van der Waals surface area contributed by atoms with Gasteiger partial charge in [-0.05, 0) is 39.7 Å². The van der Waals surface area contributed by atoms with Crippen molar-refractivity contribution in [2.24, 2.45) is 0 Å². The van der Waals surface area contributed by atoms with Crippen molar-refractivity contribution in [3.8, 4) is 0 Å². The van der Waals surface area contributed by atoms with Gasteiger partial charge in [-0.25, -0.2) is 0 Å². The maximum absolute atomic E-state index is 11.2. The van der Waals surface area contributed by atoms with Gasteiger partial charge in [-0.15, -0.1) is 0 Å². The predicted molar refractivity (Wildman–Crippen MR) is 76.2 cm³/mol. The van der Waals surface area contributed by atoms with Crippen LogP contribution in [0.15, 0.2) is 0 Å². The molecule has 0 aliphatic carbocycles. The number of hydrogen-bond acceptors (Lipinski definition) is 4. The van der Waals surface area contributed by atoms with Crippen LogP contribution in [0.5, 0.6) is 0 Å². The Morgan fingerprint density at radius 1 is 1.32 bits per heavy atom. The summed E-state index contributed by atoms with van der Waals surface area (Å²) in [6.07, 6.45) is 5.25. The van der Waals surface area contributed by atoms with Gasteiger partial charge in [-0.3, -0.25) is 9.69 Å². The van der Waals surface area contributed by atoms with Crippen LogP contribution in [-0.4, -0.2) is 49.3 Å². The topological polar surface area (TPSA) is 38.8 Å². The van der Waals surface area contributed by atoms with Crippen LogP contribution in [0.25, 0.3) is 0 Å². The second kappa shape index (κ2) is 9.32. The molecule has 1 heterocycles. The van der Waals surface area contributed by atoms with E-state index in [1.54, 1.807) is 0 Å². The predicted octanol–water partition coefficient (Wildman–Crippen LogP) is 2.61. The average Bonchev–Trinajstić information content (AvgIpc) is 2.39. The molecular formula is C15H29NO3. The lowest BCUT2D eigenvalue weighted by Crippen LogP contribution is -2.48. The van der Waals surface area contributed by atoms with Crippen molar-refractivity contribution in [1.82, 2.24) is 4.90 Å². The molecule has 1 aliphatic heterocycles. The number of unbranched alkanes of at least 4 members (excludes halogenated alkanes) is 2. The first-order valence-corrected chi connectivity index (χ1v) is 7.68. The normalized spacial score (nSPS) is 24.4. The Labute approximate surface area is 117 Å². The molecule has 0 saturated carbocycles. The standard InChI is InChI=1S/C15H29NO3/c1-4-14-12-19-13(3)11-16(14)10-8-6-7-9-15(17)18-5-2/h13-14H,4-12H2,1-3H3. The number of carbonyl (C=O) groups excluding carboxylic acids is 1. The molecule has 19 heavy (non-hydrogen) atoms. The van der Waals surface area contributed by atoms with Gasteiger partial charge in [0.1, 0.15) is 0 Å². The van der Waals surface area contributed by atoms with E-state index in [9.17, 15) is 4.79 Å². The Bertz CT molecular complexity index is 258. The van der Waals surface area contributed by atoms with Gasteiger partial charge in [0.2, 0.25) is 0 Å². The van der Waals surface area contributed by atoms with E-state index in [2.05, 4.69) is 18.7 Å². The van der Waals surface area contributed by atoms with Gasteiger partial charge in [0.25, 0.3) is 0 Å². The smallest absolute Gasteiger partial charge is 0.305 e. The minimum atomic E-state index is -0.0612. The molecule has 0 radical (unpaired) electrons. The third kappa shape index (κ3) is 6.39. The van der Waals surface area contributed by atoms with Crippen molar-refractivity contribution in [2.45, 2.75) is 65.0 Å². The first kappa shape index (κ1) is 16.4. The van der Waals surface area contributed by atoms with Gasteiger partial charge >= 0.3 is 5.97 Å². The first-order chi connectivity index (χ1) is 9.17. The fraction of sp³-hybridized carbons (Fsp3) is 0.933. The van der Waals surface area contributed by atoms with E-state index in [1.807, 2.05) is 6.92 Å². The molecule has 0 N–H and O–H groups in total. The van der Waals surface area contributed by atoms with E-state index in [0.717, 1.165) is 45.4 Å². The van der Waals surface area contributed by atoms with E-state index in [0.29, 0.717) is 25.2 Å². The third-order valence-electron chi connectivity index (χ3n) is 3.68. The Kier molecular flexibility index (Phi) is 8.07. The molecule has 4 heteroatoms. The minimum absolute atomic E-state index is 0.0612. The zero-order chi connectivity index (χ0) is 14.1. The monoisotopic (exact) mass is 271 g/mol. The fourth-order valence-electron chi connectivity index (χ4n) is 2.56. The van der Waals surface area contributed by atoms with Crippen LogP contribution < -0.4 is 0 Å². The van der Waals surface area contributed by atoms with E-state index in [4.69, 9.17) is 9.47 Å². The van der Waals surface area contributed by atoms with Crippen molar-refractivity contribution in [2.75, 3.05) is 26.3 Å². The van der Waals surface area contributed by atoms with Crippen LogP contribution in [0.2, 0.25) is 0 Å². The van der Waals surface area contributed by atoms with Crippen LogP contribution in [-0.2, 0) is 14.3 Å². The Morgan fingerprint density at radius 2 is 2.11 bits per heavy atom. The minimum Gasteiger partial charge on any atom is -0.466 e. The SMILES string of the molecule is CCOC(=O)CCCCCN1CC(C)OCC1CC. The number of rotatable bonds is 8. The molecule has 1 rings (SSSR count). The molecule has 0 spiro atoms. The molecule has 0 aromatic heterocycles. The lowest BCUT2D eigenvalue weighted by Gasteiger charge is -2.38. The fourth-order valence-corrected chi connectivity index (χ4v) is 2.56. The maximum Gasteiger partial charge on any atom is 0.305 e. The number of nitrogens with zero attached hydrogens (tertiary/aromatic N) is 1. The summed E-state index contributed by atoms with van der Waals surface area (Å²) in [5.41, 5.74) is 0. The second-order valence-electron chi connectivity index (χ2n) is 5.32. The van der Waals surface area contributed by atoms with Crippen molar-refractivity contribution < 1.29 is 14.3 Å². The van der Waals surface area contributed by atoms with Gasteiger partial charge in [-0.2, -0.15) is 0 Å². The van der Waals surface area contributed by atoms with Crippen LogP contribution in [0.3, 0.4) is 0 Å². The molecule has 0 aromatic rings. The number of ether oxygens (including phenoxy) is 2. The Hall–Kier alpha value is -0.610. The number of carbonyl (C=O) groups is 1. The maximum atomic E-state index is 11.2. The average molecular weight is 271 g/mol. The van der Waals surface area contributed by atoms with Gasteiger partial charge in [0, 0.05) is 19.0 Å². The summed E-state index contributed by atoms with van der Waals surface area (Å²) in [6.45, 7) is 9.72. The highest BCUT2D eigenvalue weighted by Gasteiger charge is 2.24. The summed E-state index contributed by atoms with van der Waals surface area (Å²) < 4.78 is 10.6. The summed E-state index contributed by atoms with van der Waals surface area (Å²) in [5.74, 6) is -0.0612. The van der Waals surface area contributed by atoms with E-state index >= 15 is 0 Å². The lowest BCUT2D eigenvalue weighted by molar-refractivity contribution is -0.143. The molecule has 2 atom stereocenters. The van der Waals surface area contributed by atoms with Crippen LogP contribution in [0.4, 0.5) is 0 Å². The molecule has 1 aliphatic rings. The highest BCUT2D eigenvalue weighted by Crippen LogP contribution is 2.15. The molecule has 0 amide bonds. The highest BCUT2D eigenvalue weighted by molar-refractivity contribution is 5.69. The highest BCUT2D eigenvalue weighted by atomic mass is 16.5. The Balaban J connectivity index is 2.11. The molecule has 0 aromatic carbocycles. The van der Waals surface area contributed by atoms with Crippen molar-refractivity contribution in [3.05, 3.63) is 0 Å². The molecule has 2 unspecified atom stereocenters. The second-order valence-corrected chi connectivity index (χ2v) is 5.32. The molecule has 4 nitrogen and oxygen atoms in total. The lowest BCUT2D eigenvalue weighted by atomic mass is 10.1. The molecule has 1 saturated heterocycles. The summed E-state index contributed by atoms with van der Waals surface area (Å²) in [4.78, 5) is 13.7. The zero-order valence-electron chi connectivity index (χ0n) is 12.7. The van der Waals surface area contributed by atoms with Crippen LogP contribution in [0.1, 0.15) is 52.9 Å². The van der Waals surface area contributed by atoms with Crippen molar-refractivity contribution in [1.29, 1.82) is 0 Å². The molecule has 112 valence electrons. The van der Waals surface area contributed by atoms with Crippen molar-refractivity contribution in [3.63, 3.8) is 0 Å². The third-order valence-corrected chi connectivity index (χ3v) is 3.68. The number of esters is 1. The summed E-state index contributed by atoms with van der Waals surface area (Å²) in [6, 6.07) is 0.571. The van der Waals surface area contributed by atoms with Gasteiger partial charge < -0.3 is 9.47 Å². The van der Waals surface area contributed by atoms with Gasteiger partial charge in [-0.1, -0.05) is 13.3 Å². The first-order valence-electron chi connectivity index (χ1n) is 7.68. The van der Waals surface area contributed by atoms with E-state index in [-0.39, 0.29) is 5.97 Å². The zero-order valence-corrected chi connectivity index (χ0v) is 12.7. The number of morpholine rings is 1. The summed E-state index contributed by atoms with van der Waals surface area (Å²) in [5, 5.41) is 0. The molecule has 1 fully saturated rings. The molecule has 0 bridgehead atoms. The molecular weight excluding hydrogens is 242 g/mol. The van der Waals surface area contributed by atoms with Crippen LogP contribution in [0, 0.1) is 0 Å². The van der Waals surface area contributed by atoms with E-state index < -0.39 is 0 Å². The van der Waals surface area contributed by atoms with E-state index in [1.165, 1.54) is 0 Å². The number of hydrogen-bond donors (Lipinski definition) is 0. The van der Waals surface area contributed by atoms with Crippen LogP contribution >= 0.6 is 0 Å². The summed E-state index contributed by atoms with van der Waals surface area (Å²) in [7, 11) is 0. The van der Waals surface area contributed by atoms with Gasteiger partial charge in [0.15, 0.2) is 0 Å². The largest absolute Gasteiger partial charge is 0.466 e.